The summed E-state index contributed by atoms with van der Waals surface area (Å²) in [5.41, 5.74) is 1.04. The molecule has 0 radical (unpaired) electrons. The molecule has 17 heavy (non-hydrogen) atoms. The summed E-state index contributed by atoms with van der Waals surface area (Å²) in [5.74, 6) is 1.59. The lowest BCUT2D eigenvalue weighted by atomic mass is 10.2. The van der Waals surface area contributed by atoms with Crippen LogP contribution in [0.3, 0.4) is 0 Å². The van der Waals surface area contributed by atoms with E-state index < -0.39 is 7.14 Å². The zero-order chi connectivity index (χ0) is 12.3. The number of hydrogen-bond acceptors (Lipinski definition) is 1. The van der Waals surface area contributed by atoms with E-state index >= 15 is 0 Å². The van der Waals surface area contributed by atoms with Gasteiger partial charge in [-0.3, -0.25) is 0 Å². The van der Waals surface area contributed by atoms with Gasteiger partial charge in [0, 0.05) is 10.6 Å². The van der Waals surface area contributed by atoms with Gasteiger partial charge >= 0.3 is 0 Å². The van der Waals surface area contributed by atoms with Crippen LogP contribution in [0.1, 0.15) is 5.56 Å². The van der Waals surface area contributed by atoms with Gasteiger partial charge in [0.15, 0.2) is 7.14 Å². The molecule has 0 aliphatic rings. The van der Waals surface area contributed by atoms with Gasteiger partial charge in [-0.15, -0.1) is 0 Å². The minimum absolute atomic E-state index is 0.837. The van der Waals surface area contributed by atoms with Gasteiger partial charge in [-0.05, 0) is 18.3 Å². The third-order valence-corrected chi connectivity index (χ3v) is 5.67. The second-order valence-electron chi connectivity index (χ2n) is 3.96. The number of benzene rings is 2. The summed E-state index contributed by atoms with van der Waals surface area (Å²) in [6.07, 6.45) is 0. The summed E-state index contributed by atoms with van der Waals surface area (Å²) < 4.78 is 13.1. The molecule has 0 fully saturated rings. The molecule has 2 rings (SSSR count). The average Bonchev–Trinajstić information content (AvgIpc) is 2.39. The average molecular weight is 242 g/mol. The molecule has 0 saturated heterocycles. The fourth-order valence-electron chi connectivity index (χ4n) is 1.93. The van der Waals surface area contributed by atoms with Crippen molar-refractivity contribution in [3.05, 3.63) is 72.6 Å². The van der Waals surface area contributed by atoms with Gasteiger partial charge in [-0.2, -0.15) is 0 Å². The molecule has 0 amide bonds. The Morgan fingerprint density at radius 2 is 1.59 bits per heavy atom. The molecule has 2 aromatic carbocycles. The van der Waals surface area contributed by atoms with Crippen molar-refractivity contribution in [1.29, 1.82) is 0 Å². The highest BCUT2D eigenvalue weighted by Crippen LogP contribution is 2.44. The van der Waals surface area contributed by atoms with E-state index in [0.717, 1.165) is 16.2 Å². The summed E-state index contributed by atoms with van der Waals surface area (Å²) in [4.78, 5) is 0. The fraction of sp³-hybridized carbons (Fsp3) is 0.0667. The molecular weight excluding hydrogens is 227 g/mol. The lowest BCUT2D eigenvalue weighted by molar-refractivity contribution is 0.592. The Hall–Kier alpha value is -1.59. The fourth-order valence-corrected chi connectivity index (χ4v) is 4.14. The maximum Gasteiger partial charge on any atom is 0.163 e. The van der Waals surface area contributed by atoms with E-state index in [2.05, 4.69) is 6.58 Å². The first-order valence-electron chi connectivity index (χ1n) is 5.53. The Labute approximate surface area is 102 Å². The molecule has 86 valence electrons. The van der Waals surface area contributed by atoms with E-state index in [0.29, 0.717) is 0 Å². The summed E-state index contributed by atoms with van der Waals surface area (Å²) in [5, 5.41) is 1.71. The molecule has 1 nitrogen and oxygen atoms in total. The van der Waals surface area contributed by atoms with Crippen LogP contribution in [0.4, 0.5) is 0 Å². The number of hydrogen-bond donors (Lipinski definition) is 0. The molecule has 0 spiro atoms. The van der Waals surface area contributed by atoms with Gasteiger partial charge in [0.05, 0.1) is 0 Å². The Morgan fingerprint density at radius 1 is 1.00 bits per heavy atom. The summed E-state index contributed by atoms with van der Waals surface area (Å²) in [6.45, 7) is 5.74. The van der Waals surface area contributed by atoms with Gasteiger partial charge in [0.2, 0.25) is 0 Å². The van der Waals surface area contributed by atoms with Crippen LogP contribution in [0, 0.1) is 6.92 Å². The Kier molecular flexibility index (Phi) is 3.31. The maximum absolute atomic E-state index is 13.1. The van der Waals surface area contributed by atoms with E-state index in [4.69, 9.17) is 0 Å². The molecule has 0 aromatic heterocycles. The summed E-state index contributed by atoms with van der Waals surface area (Å²) in [6, 6.07) is 17.3. The molecule has 0 heterocycles. The molecular formula is C15H15OP. The van der Waals surface area contributed by atoms with Crippen molar-refractivity contribution in [2.24, 2.45) is 0 Å². The van der Waals surface area contributed by atoms with Crippen molar-refractivity contribution < 1.29 is 4.57 Å². The van der Waals surface area contributed by atoms with Crippen LogP contribution in [-0.2, 0) is 4.57 Å². The van der Waals surface area contributed by atoms with E-state index in [-0.39, 0.29) is 0 Å². The highest BCUT2D eigenvalue weighted by Gasteiger charge is 2.24. The van der Waals surface area contributed by atoms with Crippen LogP contribution >= 0.6 is 7.14 Å². The predicted octanol–water partition coefficient (Wildman–Crippen LogP) is 3.45. The van der Waals surface area contributed by atoms with Crippen molar-refractivity contribution in [1.82, 2.24) is 0 Å². The minimum atomic E-state index is -2.68. The van der Waals surface area contributed by atoms with Crippen LogP contribution < -0.4 is 10.6 Å². The third-order valence-electron chi connectivity index (χ3n) is 2.87. The van der Waals surface area contributed by atoms with Crippen molar-refractivity contribution in [3.63, 3.8) is 0 Å². The first kappa shape index (κ1) is 11.9. The second kappa shape index (κ2) is 4.73. The zero-order valence-corrected chi connectivity index (χ0v) is 10.7. The predicted molar refractivity (Wildman–Crippen MR) is 74.7 cm³/mol. The molecule has 0 unspecified atom stereocenters. The number of rotatable bonds is 3. The minimum Gasteiger partial charge on any atom is -0.309 e. The monoisotopic (exact) mass is 242 g/mol. The zero-order valence-electron chi connectivity index (χ0n) is 9.84. The van der Waals surface area contributed by atoms with Crippen molar-refractivity contribution in [2.45, 2.75) is 6.92 Å². The highest BCUT2D eigenvalue weighted by molar-refractivity contribution is 7.81. The van der Waals surface area contributed by atoms with E-state index in [1.54, 1.807) is 5.82 Å². The lowest BCUT2D eigenvalue weighted by Crippen LogP contribution is -2.16. The van der Waals surface area contributed by atoms with Crippen LogP contribution in [0.5, 0.6) is 0 Å². The van der Waals surface area contributed by atoms with E-state index in [1.165, 1.54) is 0 Å². The van der Waals surface area contributed by atoms with Gasteiger partial charge in [0.1, 0.15) is 0 Å². The molecule has 2 aromatic rings. The van der Waals surface area contributed by atoms with Crippen molar-refractivity contribution >= 4 is 17.8 Å². The van der Waals surface area contributed by atoms with Crippen molar-refractivity contribution in [3.8, 4) is 0 Å². The quantitative estimate of drug-likeness (QED) is 0.753. The largest absolute Gasteiger partial charge is 0.309 e. The molecule has 2 heteroatoms. The topological polar surface area (TPSA) is 17.1 Å². The van der Waals surface area contributed by atoms with Gasteiger partial charge in [-0.1, -0.05) is 61.2 Å². The summed E-state index contributed by atoms with van der Waals surface area (Å²) in [7, 11) is -2.68. The van der Waals surface area contributed by atoms with Gasteiger partial charge < -0.3 is 4.57 Å². The van der Waals surface area contributed by atoms with Crippen molar-refractivity contribution in [2.75, 3.05) is 0 Å². The Balaban J connectivity index is 2.65. The normalized spacial score (nSPS) is 13.9. The smallest absolute Gasteiger partial charge is 0.163 e. The maximum atomic E-state index is 13.1. The Morgan fingerprint density at radius 3 is 2.18 bits per heavy atom. The van der Waals surface area contributed by atoms with Crippen LogP contribution in [0.15, 0.2) is 67.0 Å². The Bertz CT molecular complexity index is 572. The molecule has 0 aliphatic carbocycles. The second-order valence-corrected chi connectivity index (χ2v) is 6.64. The van der Waals surface area contributed by atoms with Crippen LogP contribution in [-0.4, -0.2) is 0 Å². The van der Waals surface area contributed by atoms with Gasteiger partial charge in [-0.25, -0.2) is 0 Å². The SMILES string of the molecule is C=C[P@](=O)(c1ccccc1)c1ccccc1C. The summed E-state index contributed by atoms with van der Waals surface area (Å²) >= 11 is 0. The van der Waals surface area contributed by atoms with E-state index in [1.807, 2.05) is 61.5 Å². The first-order valence-corrected chi connectivity index (χ1v) is 7.31. The van der Waals surface area contributed by atoms with Crippen LogP contribution in [0.2, 0.25) is 0 Å². The standard InChI is InChI=1S/C15H15OP/c1-3-17(16,14-10-5-4-6-11-14)15-12-8-7-9-13(15)2/h3-12H,1H2,2H3/t17-/m0/s1. The molecule has 0 N–H and O–H groups in total. The lowest BCUT2D eigenvalue weighted by Gasteiger charge is -2.16. The van der Waals surface area contributed by atoms with E-state index in [9.17, 15) is 4.57 Å². The van der Waals surface area contributed by atoms with Crippen LogP contribution in [0.25, 0.3) is 0 Å². The molecule has 0 saturated carbocycles. The van der Waals surface area contributed by atoms with Gasteiger partial charge in [0.25, 0.3) is 0 Å². The third kappa shape index (κ3) is 2.11. The first-order chi connectivity index (χ1) is 8.18. The molecule has 1 atom stereocenters. The molecule has 0 aliphatic heterocycles. The number of aryl methyl sites for hydroxylation is 1. The highest BCUT2D eigenvalue weighted by atomic mass is 31.2. The molecule has 0 bridgehead atoms.